The molecule has 1 aliphatic heterocycles. The molecule has 0 amide bonds. The number of hydrogen-bond donors (Lipinski definition) is 1. The Hall–Kier alpha value is -0.160. The molecule has 1 atom stereocenters. The van der Waals surface area contributed by atoms with Gasteiger partial charge in [0.05, 0.1) is 6.61 Å². The predicted molar refractivity (Wildman–Crippen MR) is 72.5 cm³/mol. The van der Waals surface area contributed by atoms with Crippen molar-refractivity contribution in [2.45, 2.75) is 12.8 Å². The second kappa shape index (κ2) is 8.86. The fraction of sp³-hybridized carbons (Fsp3) is 1.00. The van der Waals surface area contributed by atoms with Crippen LogP contribution in [0.2, 0.25) is 0 Å². The fourth-order valence-electron chi connectivity index (χ4n) is 2.39. The van der Waals surface area contributed by atoms with Gasteiger partial charge in [0.25, 0.3) is 0 Å². The molecule has 4 heteroatoms. The van der Waals surface area contributed by atoms with Crippen molar-refractivity contribution in [3.63, 3.8) is 0 Å². The van der Waals surface area contributed by atoms with Gasteiger partial charge in [-0.05, 0) is 39.4 Å². The van der Waals surface area contributed by atoms with Crippen molar-refractivity contribution in [1.29, 1.82) is 0 Å². The Balaban J connectivity index is 2.02. The third kappa shape index (κ3) is 6.99. The first-order valence-corrected chi connectivity index (χ1v) is 6.79. The minimum Gasteiger partial charge on any atom is -0.384 e. The van der Waals surface area contributed by atoms with Gasteiger partial charge >= 0.3 is 0 Å². The van der Waals surface area contributed by atoms with Crippen LogP contribution >= 0.6 is 0 Å². The summed E-state index contributed by atoms with van der Waals surface area (Å²) in [4.78, 5) is 4.78. The van der Waals surface area contributed by atoms with Gasteiger partial charge in [0.2, 0.25) is 0 Å². The van der Waals surface area contributed by atoms with Crippen LogP contribution < -0.4 is 5.32 Å². The normalized spacial score (nSPS) is 22.2. The summed E-state index contributed by atoms with van der Waals surface area (Å²) in [6.07, 6.45) is 2.66. The van der Waals surface area contributed by atoms with Crippen LogP contribution in [0, 0.1) is 5.92 Å². The second-order valence-corrected chi connectivity index (χ2v) is 5.32. The lowest BCUT2D eigenvalue weighted by molar-refractivity contribution is 0.0910. The summed E-state index contributed by atoms with van der Waals surface area (Å²) in [6, 6.07) is 0. The van der Waals surface area contributed by atoms with E-state index in [0.717, 1.165) is 32.2 Å². The topological polar surface area (TPSA) is 27.7 Å². The number of hydrogen-bond acceptors (Lipinski definition) is 4. The monoisotopic (exact) mass is 243 g/mol. The highest BCUT2D eigenvalue weighted by atomic mass is 16.5. The average Bonchev–Trinajstić information content (AvgIpc) is 2.29. The van der Waals surface area contributed by atoms with E-state index in [2.05, 4.69) is 29.2 Å². The van der Waals surface area contributed by atoms with E-state index in [1.165, 1.54) is 32.5 Å². The quantitative estimate of drug-likeness (QED) is 0.628. The molecule has 0 aliphatic carbocycles. The fourth-order valence-corrected chi connectivity index (χ4v) is 2.39. The van der Waals surface area contributed by atoms with E-state index in [1.54, 1.807) is 0 Å². The first-order valence-electron chi connectivity index (χ1n) is 6.79. The third-order valence-corrected chi connectivity index (χ3v) is 3.35. The molecule has 102 valence electrons. The van der Waals surface area contributed by atoms with Crippen molar-refractivity contribution in [1.82, 2.24) is 15.1 Å². The maximum Gasteiger partial charge on any atom is 0.0502 e. The maximum atomic E-state index is 5.25. The number of methoxy groups -OCH3 is 1. The number of likely N-dealkylation sites (N-methyl/N-ethyl adjacent to an activating group) is 1. The molecule has 1 heterocycles. The summed E-state index contributed by atoms with van der Waals surface area (Å²) in [5.74, 6) is 0.746. The van der Waals surface area contributed by atoms with E-state index < -0.39 is 0 Å². The molecular weight excluding hydrogens is 214 g/mol. The number of nitrogens with zero attached hydrogens (tertiary/aromatic N) is 2. The second-order valence-electron chi connectivity index (χ2n) is 5.32. The zero-order chi connectivity index (χ0) is 12.5. The largest absolute Gasteiger partial charge is 0.384 e. The molecule has 0 aromatic heterocycles. The number of rotatable bonds is 8. The van der Waals surface area contributed by atoms with Gasteiger partial charge in [-0.25, -0.2) is 0 Å². The maximum absolute atomic E-state index is 5.25. The standard InChI is InChI=1S/C13H29N3O/c1-15(2)9-6-14-7-10-16-8-4-5-13(11-16)12-17-3/h13-14H,4-12H2,1-3H3. The summed E-state index contributed by atoms with van der Waals surface area (Å²) in [7, 11) is 6.03. The van der Waals surface area contributed by atoms with Crippen molar-refractivity contribution in [2.75, 3.05) is 67.1 Å². The lowest BCUT2D eigenvalue weighted by atomic mass is 9.99. The molecule has 1 rings (SSSR count). The van der Waals surface area contributed by atoms with Crippen LogP contribution in [0.1, 0.15) is 12.8 Å². The molecule has 1 N–H and O–H groups in total. The third-order valence-electron chi connectivity index (χ3n) is 3.35. The Labute approximate surface area is 106 Å². The summed E-state index contributed by atoms with van der Waals surface area (Å²) in [5, 5.41) is 3.50. The molecule has 4 nitrogen and oxygen atoms in total. The van der Waals surface area contributed by atoms with E-state index in [9.17, 15) is 0 Å². The summed E-state index contributed by atoms with van der Waals surface area (Å²) in [5.41, 5.74) is 0. The van der Waals surface area contributed by atoms with Crippen molar-refractivity contribution >= 4 is 0 Å². The molecule has 1 aliphatic rings. The van der Waals surface area contributed by atoms with Gasteiger partial charge in [-0.3, -0.25) is 0 Å². The predicted octanol–water partition coefficient (Wildman–Crippen LogP) is 0.496. The van der Waals surface area contributed by atoms with Gasteiger partial charge in [0.15, 0.2) is 0 Å². The van der Waals surface area contributed by atoms with Crippen molar-refractivity contribution < 1.29 is 4.74 Å². The molecule has 17 heavy (non-hydrogen) atoms. The first kappa shape index (κ1) is 14.9. The van der Waals surface area contributed by atoms with Crippen LogP contribution in [0.15, 0.2) is 0 Å². The van der Waals surface area contributed by atoms with Gasteiger partial charge in [0, 0.05) is 39.8 Å². The lowest BCUT2D eigenvalue weighted by Crippen LogP contribution is -2.41. The van der Waals surface area contributed by atoms with Crippen LogP contribution in [0.25, 0.3) is 0 Å². The van der Waals surface area contributed by atoms with Crippen LogP contribution in [0.3, 0.4) is 0 Å². The number of likely N-dealkylation sites (tertiary alicyclic amines) is 1. The van der Waals surface area contributed by atoms with Crippen LogP contribution in [0.5, 0.6) is 0 Å². The SMILES string of the molecule is COCC1CCCN(CCNCCN(C)C)C1. The Morgan fingerprint density at radius 2 is 2.18 bits per heavy atom. The molecule has 0 bridgehead atoms. The molecule has 1 unspecified atom stereocenters. The van der Waals surface area contributed by atoms with Gasteiger partial charge < -0.3 is 19.9 Å². The van der Waals surface area contributed by atoms with Gasteiger partial charge in [0.1, 0.15) is 0 Å². The highest BCUT2D eigenvalue weighted by Crippen LogP contribution is 2.15. The van der Waals surface area contributed by atoms with Crippen LogP contribution in [-0.4, -0.2) is 76.9 Å². The highest BCUT2D eigenvalue weighted by Gasteiger charge is 2.18. The minimum absolute atomic E-state index is 0.746. The number of ether oxygens (including phenoxy) is 1. The van der Waals surface area contributed by atoms with E-state index in [1.807, 2.05) is 7.11 Å². The smallest absolute Gasteiger partial charge is 0.0502 e. The van der Waals surface area contributed by atoms with Gasteiger partial charge in [-0.15, -0.1) is 0 Å². The average molecular weight is 243 g/mol. The number of piperidine rings is 1. The van der Waals surface area contributed by atoms with E-state index >= 15 is 0 Å². The molecule has 0 spiro atoms. The van der Waals surface area contributed by atoms with Gasteiger partial charge in [-0.2, -0.15) is 0 Å². The van der Waals surface area contributed by atoms with E-state index in [-0.39, 0.29) is 0 Å². The van der Waals surface area contributed by atoms with Crippen molar-refractivity contribution in [3.05, 3.63) is 0 Å². The van der Waals surface area contributed by atoms with E-state index in [0.29, 0.717) is 0 Å². The summed E-state index contributed by atoms with van der Waals surface area (Å²) >= 11 is 0. The molecule has 0 radical (unpaired) electrons. The molecule has 0 aromatic carbocycles. The zero-order valence-electron chi connectivity index (χ0n) is 11.7. The minimum atomic E-state index is 0.746. The zero-order valence-corrected chi connectivity index (χ0v) is 11.7. The first-order chi connectivity index (χ1) is 8.22. The van der Waals surface area contributed by atoms with Crippen molar-refractivity contribution in [2.24, 2.45) is 5.92 Å². The number of nitrogens with one attached hydrogen (secondary N) is 1. The molecule has 0 saturated carbocycles. The molecule has 1 saturated heterocycles. The lowest BCUT2D eigenvalue weighted by Gasteiger charge is -2.32. The van der Waals surface area contributed by atoms with Crippen LogP contribution in [-0.2, 0) is 4.74 Å². The molecular formula is C13H29N3O. The summed E-state index contributed by atoms with van der Waals surface area (Å²) in [6.45, 7) is 7.87. The van der Waals surface area contributed by atoms with Crippen molar-refractivity contribution in [3.8, 4) is 0 Å². The van der Waals surface area contributed by atoms with Gasteiger partial charge in [-0.1, -0.05) is 0 Å². The Kier molecular flexibility index (Phi) is 7.77. The van der Waals surface area contributed by atoms with Crippen LogP contribution in [0.4, 0.5) is 0 Å². The Morgan fingerprint density at radius 3 is 2.88 bits per heavy atom. The molecule has 1 fully saturated rings. The van der Waals surface area contributed by atoms with E-state index in [4.69, 9.17) is 4.74 Å². The summed E-state index contributed by atoms with van der Waals surface area (Å²) < 4.78 is 5.25. The molecule has 0 aromatic rings. The Morgan fingerprint density at radius 1 is 1.35 bits per heavy atom. The highest BCUT2D eigenvalue weighted by molar-refractivity contribution is 4.73. The Bertz CT molecular complexity index is 186.